The lowest BCUT2D eigenvalue weighted by molar-refractivity contribution is -0.119. The second kappa shape index (κ2) is 8.86. The third-order valence-electron chi connectivity index (χ3n) is 5.17. The number of nitrogens with zero attached hydrogens (tertiary/aromatic N) is 2. The van der Waals surface area contributed by atoms with Gasteiger partial charge in [0.2, 0.25) is 11.0 Å². The van der Waals surface area contributed by atoms with Crippen LogP contribution in [-0.2, 0) is 4.79 Å². The zero-order valence-corrected chi connectivity index (χ0v) is 17.1. The highest BCUT2D eigenvalue weighted by atomic mass is 32.2. The molecule has 0 unspecified atom stereocenters. The number of benzene rings is 1. The van der Waals surface area contributed by atoms with Crippen LogP contribution in [0.2, 0.25) is 0 Å². The molecule has 1 amide bonds. The summed E-state index contributed by atoms with van der Waals surface area (Å²) in [6.45, 7) is 6.58. The first-order chi connectivity index (χ1) is 12.5. The number of amides is 1. The summed E-state index contributed by atoms with van der Waals surface area (Å²) in [5.41, 5.74) is 2.19. The highest BCUT2D eigenvalue weighted by Crippen LogP contribution is 2.31. The third kappa shape index (κ3) is 4.98. The molecule has 1 aliphatic carbocycles. The van der Waals surface area contributed by atoms with Gasteiger partial charge >= 0.3 is 0 Å². The minimum absolute atomic E-state index is 0.0876. The Bertz CT molecular complexity index is 749. The first-order valence-electron chi connectivity index (χ1n) is 9.11. The van der Waals surface area contributed by atoms with Gasteiger partial charge in [0.05, 0.1) is 5.75 Å². The van der Waals surface area contributed by atoms with Crippen LogP contribution in [0, 0.1) is 18.8 Å². The number of hydrogen-bond donors (Lipinski definition) is 2. The van der Waals surface area contributed by atoms with Crippen LogP contribution in [0.1, 0.15) is 38.7 Å². The molecule has 0 aliphatic heterocycles. The third-order valence-corrected chi connectivity index (χ3v) is 7.15. The highest BCUT2D eigenvalue weighted by molar-refractivity contribution is 8.01. The molecule has 1 aliphatic rings. The maximum atomic E-state index is 12.3. The largest absolute Gasteiger partial charge is 0.352 e. The van der Waals surface area contributed by atoms with Crippen LogP contribution in [-0.4, -0.2) is 27.9 Å². The van der Waals surface area contributed by atoms with Crippen LogP contribution in [0.25, 0.3) is 0 Å². The lowest BCUT2D eigenvalue weighted by Gasteiger charge is -2.34. The van der Waals surface area contributed by atoms with Gasteiger partial charge in [-0.15, -0.1) is 10.2 Å². The first-order valence-corrected chi connectivity index (χ1v) is 10.9. The SMILES string of the molecule is Cc1ccccc1Nc1nnc(SCC(=O)N[C@@H]2CCC[C@H](C)[C@H]2C)s1. The molecule has 1 fully saturated rings. The van der Waals surface area contributed by atoms with E-state index in [9.17, 15) is 4.79 Å². The summed E-state index contributed by atoms with van der Waals surface area (Å²) in [5, 5.41) is 15.6. The number of anilines is 2. The van der Waals surface area contributed by atoms with E-state index in [4.69, 9.17) is 0 Å². The fraction of sp³-hybridized carbons (Fsp3) is 0.526. The van der Waals surface area contributed by atoms with Gasteiger partial charge < -0.3 is 10.6 Å². The molecule has 3 atom stereocenters. The molecule has 0 spiro atoms. The van der Waals surface area contributed by atoms with Crippen molar-refractivity contribution in [3.63, 3.8) is 0 Å². The molecule has 2 N–H and O–H groups in total. The van der Waals surface area contributed by atoms with E-state index >= 15 is 0 Å². The smallest absolute Gasteiger partial charge is 0.230 e. The second-order valence-corrected chi connectivity index (χ2v) is 9.24. The minimum atomic E-state index is 0.0876. The Morgan fingerprint density at radius 1 is 1.27 bits per heavy atom. The average Bonchev–Trinajstić information content (AvgIpc) is 3.07. The van der Waals surface area contributed by atoms with Crippen LogP contribution in [0.4, 0.5) is 10.8 Å². The van der Waals surface area contributed by atoms with E-state index in [0.29, 0.717) is 23.6 Å². The Morgan fingerprint density at radius 3 is 2.88 bits per heavy atom. The topological polar surface area (TPSA) is 66.9 Å². The Hall–Kier alpha value is -1.60. The number of thioether (sulfide) groups is 1. The molecule has 0 saturated heterocycles. The van der Waals surface area contributed by atoms with Crippen molar-refractivity contribution in [1.82, 2.24) is 15.5 Å². The van der Waals surface area contributed by atoms with Gasteiger partial charge in [0.25, 0.3) is 0 Å². The summed E-state index contributed by atoms with van der Waals surface area (Å²) in [6, 6.07) is 8.37. The molecule has 2 aromatic rings. The molecule has 140 valence electrons. The van der Waals surface area contributed by atoms with Crippen LogP contribution in [0.3, 0.4) is 0 Å². The minimum Gasteiger partial charge on any atom is -0.352 e. The summed E-state index contributed by atoms with van der Waals surface area (Å²) < 4.78 is 0.807. The molecular formula is C19H26N4OS2. The number of rotatable bonds is 6. The first kappa shape index (κ1) is 19.2. The van der Waals surface area contributed by atoms with Crippen molar-refractivity contribution in [2.75, 3.05) is 11.1 Å². The van der Waals surface area contributed by atoms with Gasteiger partial charge in [-0.05, 0) is 36.8 Å². The summed E-state index contributed by atoms with van der Waals surface area (Å²) >= 11 is 2.92. The Kier molecular flexibility index (Phi) is 6.53. The van der Waals surface area contributed by atoms with Crippen LogP contribution < -0.4 is 10.6 Å². The number of carbonyl (C=O) groups is 1. The second-order valence-electron chi connectivity index (χ2n) is 7.04. The summed E-state index contributed by atoms with van der Waals surface area (Å²) in [6.07, 6.45) is 3.56. The maximum absolute atomic E-state index is 12.3. The molecule has 0 bridgehead atoms. The van der Waals surface area contributed by atoms with Crippen molar-refractivity contribution in [1.29, 1.82) is 0 Å². The van der Waals surface area contributed by atoms with E-state index in [2.05, 4.69) is 47.7 Å². The lowest BCUT2D eigenvalue weighted by atomic mass is 9.78. The molecule has 1 aromatic heterocycles. The van der Waals surface area contributed by atoms with Crippen molar-refractivity contribution in [3.8, 4) is 0 Å². The van der Waals surface area contributed by atoms with E-state index in [1.54, 1.807) is 0 Å². The van der Waals surface area contributed by atoms with Gasteiger partial charge in [-0.3, -0.25) is 4.79 Å². The molecular weight excluding hydrogens is 364 g/mol. The van der Waals surface area contributed by atoms with Gasteiger partial charge in [0, 0.05) is 11.7 Å². The van der Waals surface area contributed by atoms with Crippen molar-refractivity contribution in [3.05, 3.63) is 29.8 Å². The van der Waals surface area contributed by atoms with Crippen LogP contribution >= 0.6 is 23.1 Å². The Morgan fingerprint density at radius 2 is 2.08 bits per heavy atom. The van der Waals surface area contributed by atoms with Crippen LogP contribution in [0.5, 0.6) is 0 Å². The summed E-state index contributed by atoms with van der Waals surface area (Å²) in [5.74, 6) is 1.70. The molecule has 7 heteroatoms. The fourth-order valence-corrected chi connectivity index (χ4v) is 4.88. The van der Waals surface area contributed by atoms with E-state index < -0.39 is 0 Å². The molecule has 0 radical (unpaired) electrons. The number of aromatic nitrogens is 2. The number of hydrogen-bond acceptors (Lipinski definition) is 6. The summed E-state index contributed by atoms with van der Waals surface area (Å²) in [4.78, 5) is 12.3. The standard InChI is InChI=1S/C19H26N4OS2/c1-12-8-6-10-16(14(12)3)20-17(24)11-25-19-23-22-18(26-19)21-15-9-5-4-7-13(15)2/h4-5,7,9,12,14,16H,6,8,10-11H2,1-3H3,(H,20,24)(H,21,22)/t12-,14+,16+/m0/s1. The summed E-state index contributed by atoms with van der Waals surface area (Å²) in [7, 11) is 0. The maximum Gasteiger partial charge on any atom is 0.230 e. The number of carbonyl (C=O) groups excluding carboxylic acids is 1. The average molecular weight is 391 g/mol. The predicted molar refractivity (Wildman–Crippen MR) is 109 cm³/mol. The zero-order chi connectivity index (χ0) is 18.5. The molecule has 5 nitrogen and oxygen atoms in total. The quantitative estimate of drug-likeness (QED) is 0.704. The van der Waals surface area contributed by atoms with Crippen molar-refractivity contribution in [2.45, 2.75) is 50.4 Å². The van der Waals surface area contributed by atoms with Gasteiger partial charge in [0.15, 0.2) is 4.34 Å². The van der Waals surface area contributed by atoms with E-state index in [1.807, 2.05) is 18.2 Å². The van der Waals surface area contributed by atoms with Crippen LogP contribution in [0.15, 0.2) is 28.6 Å². The monoisotopic (exact) mass is 390 g/mol. The van der Waals surface area contributed by atoms with E-state index in [0.717, 1.165) is 27.1 Å². The molecule has 1 aromatic carbocycles. The number of aryl methyl sites for hydroxylation is 1. The van der Waals surface area contributed by atoms with Gasteiger partial charge in [0.1, 0.15) is 0 Å². The molecule has 26 heavy (non-hydrogen) atoms. The fourth-order valence-electron chi connectivity index (χ4n) is 3.31. The molecule has 1 saturated carbocycles. The molecule has 3 rings (SSSR count). The van der Waals surface area contributed by atoms with E-state index in [-0.39, 0.29) is 5.91 Å². The van der Waals surface area contributed by atoms with Crippen molar-refractivity contribution < 1.29 is 4.79 Å². The van der Waals surface area contributed by atoms with Gasteiger partial charge in [-0.2, -0.15) is 0 Å². The normalized spacial score (nSPS) is 22.8. The van der Waals surface area contributed by atoms with Gasteiger partial charge in [-0.25, -0.2) is 0 Å². The Balaban J connectivity index is 1.48. The molecule has 1 heterocycles. The predicted octanol–water partition coefficient (Wildman–Crippen LogP) is 4.62. The zero-order valence-electron chi connectivity index (χ0n) is 15.5. The Labute approximate surface area is 163 Å². The highest BCUT2D eigenvalue weighted by Gasteiger charge is 2.28. The number of para-hydroxylation sites is 1. The van der Waals surface area contributed by atoms with E-state index in [1.165, 1.54) is 35.9 Å². The lowest BCUT2D eigenvalue weighted by Crippen LogP contribution is -2.44. The van der Waals surface area contributed by atoms with Crippen molar-refractivity contribution >= 4 is 39.8 Å². The number of nitrogens with one attached hydrogen (secondary N) is 2. The van der Waals surface area contributed by atoms with Crippen molar-refractivity contribution in [2.24, 2.45) is 11.8 Å². The van der Waals surface area contributed by atoms with Gasteiger partial charge in [-0.1, -0.05) is 68.0 Å².